The Morgan fingerprint density at radius 2 is 2.05 bits per heavy atom. The van der Waals surface area contributed by atoms with Gasteiger partial charge in [0.25, 0.3) is 0 Å². The number of carbonyl (C=O) groups is 2. The number of hydrogen-bond donors (Lipinski definition) is 2. The number of carboxylic acid groups (broad SMARTS) is 1. The lowest BCUT2D eigenvalue weighted by Crippen LogP contribution is -2.54. The predicted molar refractivity (Wildman–Crippen MR) is 71.9 cm³/mol. The second-order valence-corrected chi connectivity index (χ2v) is 5.72. The minimum Gasteiger partial charge on any atom is -0.480 e. The molecule has 0 bridgehead atoms. The molecule has 1 aliphatic heterocycles. The van der Waals surface area contributed by atoms with Crippen molar-refractivity contribution in [3.63, 3.8) is 0 Å². The molecule has 5 nitrogen and oxygen atoms in total. The van der Waals surface area contributed by atoms with Crippen LogP contribution in [0.25, 0.3) is 0 Å². The van der Waals surface area contributed by atoms with Gasteiger partial charge in [-0.25, -0.2) is 9.59 Å². The van der Waals surface area contributed by atoms with Crippen LogP contribution in [0.1, 0.15) is 51.9 Å². The fourth-order valence-corrected chi connectivity index (χ4v) is 3.48. The minimum absolute atomic E-state index is 0.183. The van der Waals surface area contributed by atoms with Gasteiger partial charge in [0.1, 0.15) is 6.04 Å². The topological polar surface area (TPSA) is 69.6 Å². The molecule has 0 aromatic carbocycles. The highest BCUT2D eigenvalue weighted by Crippen LogP contribution is 2.36. The molecule has 1 saturated carbocycles. The molecule has 3 unspecified atom stereocenters. The summed E-state index contributed by atoms with van der Waals surface area (Å²) in [5, 5.41) is 11.8. The number of likely N-dealkylation sites (tertiary alicyclic amines) is 1. The molecule has 2 N–H and O–H groups in total. The van der Waals surface area contributed by atoms with Gasteiger partial charge in [0.05, 0.1) is 0 Å². The van der Waals surface area contributed by atoms with Gasteiger partial charge < -0.3 is 15.3 Å². The summed E-state index contributed by atoms with van der Waals surface area (Å²) in [5.41, 5.74) is 0. The Morgan fingerprint density at radius 1 is 1.32 bits per heavy atom. The van der Waals surface area contributed by atoms with Gasteiger partial charge in [-0.3, -0.25) is 0 Å². The molecule has 0 radical (unpaired) electrons. The second-order valence-electron chi connectivity index (χ2n) is 5.72. The first-order valence-corrected chi connectivity index (χ1v) is 7.43. The Hall–Kier alpha value is -1.26. The Kier molecular flexibility index (Phi) is 4.66. The molecule has 5 heteroatoms. The van der Waals surface area contributed by atoms with Crippen molar-refractivity contribution in [1.82, 2.24) is 10.2 Å². The van der Waals surface area contributed by atoms with E-state index >= 15 is 0 Å². The first-order valence-electron chi connectivity index (χ1n) is 7.43. The van der Waals surface area contributed by atoms with Crippen molar-refractivity contribution in [1.29, 1.82) is 0 Å². The average molecular weight is 268 g/mol. The Morgan fingerprint density at radius 3 is 2.74 bits per heavy atom. The fourth-order valence-electron chi connectivity index (χ4n) is 3.48. The third kappa shape index (κ3) is 3.19. The van der Waals surface area contributed by atoms with Crippen LogP contribution in [-0.2, 0) is 4.79 Å². The highest BCUT2D eigenvalue weighted by Gasteiger charge is 2.38. The first kappa shape index (κ1) is 14.2. The van der Waals surface area contributed by atoms with Crippen LogP contribution < -0.4 is 5.32 Å². The molecule has 2 amide bonds. The van der Waals surface area contributed by atoms with Crippen LogP contribution in [0.3, 0.4) is 0 Å². The quantitative estimate of drug-likeness (QED) is 0.821. The lowest BCUT2D eigenvalue weighted by atomic mass is 9.92. The highest BCUT2D eigenvalue weighted by molar-refractivity contribution is 5.82. The number of rotatable bonds is 4. The predicted octanol–water partition coefficient (Wildman–Crippen LogP) is 2.21. The summed E-state index contributed by atoms with van der Waals surface area (Å²) in [6, 6.07) is -0.596. The summed E-state index contributed by atoms with van der Waals surface area (Å²) in [7, 11) is 0. The number of urea groups is 1. The van der Waals surface area contributed by atoms with E-state index in [4.69, 9.17) is 5.11 Å². The van der Waals surface area contributed by atoms with Crippen molar-refractivity contribution in [3.8, 4) is 0 Å². The number of amides is 2. The molecule has 1 saturated heterocycles. The van der Waals surface area contributed by atoms with Gasteiger partial charge in [0.15, 0.2) is 0 Å². The number of nitrogens with one attached hydrogen (secondary N) is 1. The molecule has 19 heavy (non-hydrogen) atoms. The lowest BCUT2D eigenvalue weighted by molar-refractivity contribution is -0.139. The monoisotopic (exact) mass is 268 g/mol. The molecule has 1 heterocycles. The van der Waals surface area contributed by atoms with E-state index in [9.17, 15) is 9.59 Å². The Labute approximate surface area is 114 Å². The SMILES string of the molecule is CCCC(NC(=O)N1CCCC2CCCC21)C(=O)O. The van der Waals surface area contributed by atoms with Crippen LogP contribution in [0, 0.1) is 5.92 Å². The molecule has 1 aliphatic carbocycles. The molecule has 2 rings (SSSR count). The van der Waals surface area contributed by atoms with Crippen LogP contribution in [0.15, 0.2) is 0 Å². The van der Waals surface area contributed by atoms with Crippen LogP contribution in [-0.4, -0.2) is 40.6 Å². The van der Waals surface area contributed by atoms with Crippen LogP contribution in [0.4, 0.5) is 4.79 Å². The minimum atomic E-state index is -0.935. The van der Waals surface area contributed by atoms with E-state index in [0.29, 0.717) is 18.4 Å². The molecule has 2 fully saturated rings. The maximum absolute atomic E-state index is 12.3. The van der Waals surface area contributed by atoms with Gasteiger partial charge >= 0.3 is 12.0 Å². The average Bonchev–Trinajstić information content (AvgIpc) is 2.85. The summed E-state index contributed by atoms with van der Waals surface area (Å²) < 4.78 is 0. The number of nitrogens with zero attached hydrogens (tertiary/aromatic N) is 1. The summed E-state index contributed by atoms with van der Waals surface area (Å²) in [6.07, 6.45) is 6.98. The fraction of sp³-hybridized carbons (Fsp3) is 0.857. The van der Waals surface area contributed by atoms with Crippen molar-refractivity contribution in [2.24, 2.45) is 5.92 Å². The third-order valence-electron chi connectivity index (χ3n) is 4.43. The third-order valence-corrected chi connectivity index (χ3v) is 4.43. The number of piperidine rings is 1. The number of aliphatic carboxylic acids is 1. The molecule has 0 aromatic rings. The number of fused-ring (bicyclic) bond motifs is 1. The van der Waals surface area contributed by atoms with E-state index in [2.05, 4.69) is 5.32 Å². The maximum atomic E-state index is 12.3. The van der Waals surface area contributed by atoms with Crippen LogP contribution in [0.2, 0.25) is 0 Å². The van der Waals surface area contributed by atoms with Crippen molar-refractivity contribution in [3.05, 3.63) is 0 Å². The van der Waals surface area contributed by atoms with Gasteiger partial charge in [0, 0.05) is 12.6 Å². The van der Waals surface area contributed by atoms with Crippen LogP contribution >= 0.6 is 0 Å². The zero-order valence-electron chi connectivity index (χ0n) is 11.6. The summed E-state index contributed by atoms with van der Waals surface area (Å²) in [5.74, 6) is -0.302. The van der Waals surface area contributed by atoms with Crippen molar-refractivity contribution >= 4 is 12.0 Å². The molecular formula is C14H24N2O3. The standard InChI is InChI=1S/C14H24N2O3/c1-2-5-11(13(17)18)15-14(19)16-9-4-7-10-6-3-8-12(10)16/h10-12H,2-9H2,1H3,(H,15,19)(H,17,18). The van der Waals surface area contributed by atoms with Gasteiger partial charge in [-0.2, -0.15) is 0 Å². The molecule has 0 spiro atoms. The summed E-state index contributed by atoms with van der Waals surface area (Å²) >= 11 is 0. The number of carboxylic acids is 1. The zero-order chi connectivity index (χ0) is 13.8. The first-order chi connectivity index (χ1) is 9.13. The van der Waals surface area contributed by atoms with Crippen LogP contribution in [0.5, 0.6) is 0 Å². The molecule has 0 aromatic heterocycles. The molecule has 3 atom stereocenters. The Balaban J connectivity index is 1.96. The number of carbonyl (C=O) groups excluding carboxylic acids is 1. The normalized spacial score (nSPS) is 27.7. The van der Waals surface area contributed by atoms with Crippen molar-refractivity contribution < 1.29 is 14.7 Å². The van der Waals surface area contributed by atoms with Crippen molar-refractivity contribution in [2.75, 3.05) is 6.54 Å². The van der Waals surface area contributed by atoms with E-state index in [0.717, 1.165) is 25.8 Å². The van der Waals surface area contributed by atoms with E-state index in [1.165, 1.54) is 19.3 Å². The lowest BCUT2D eigenvalue weighted by Gasteiger charge is -2.38. The highest BCUT2D eigenvalue weighted by atomic mass is 16.4. The van der Waals surface area contributed by atoms with Gasteiger partial charge in [-0.15, -0.1) is 0 Å². The van der Waals surface area contributed by atoms with Crippen molar-refractivity contribution in [2.45, 2.75) is 64.0 Å². The van der Waals surface area contributed by atoms with E-state index in [1.54, 1.807) is 0 Å². The smallest absolute Gasteiger partial charge is 0.326 e. The van der Waals surface area contributed by atoms with Gasteiger partial charge in [0.2, 0.25) is 0 Å². The molecule has 108 valence electrons. The van der Waals surface area contributed by atoms with E-state index in [-0.39, 0.29) is 6.03 Å². The molecular weight excluding hydrogens is 244 g/mol. The van der Waals surface area contributed by atoms with Gasteiger partial charge in [-0.1, -0.05) is 19.8 Å². The largest absolute Gasteiger partial charge is 0.480 e. The zero-order valence-corrected chi connectivity index (χ0v) is 11.6. The molecule has 2 aliphatic rings. The van der Waals surface area contributed by atoms with Gasteiger partial charge in [-0.05, 0) is 38.0 Å². The number of hydrogen-bond acceptors (Lipinski definition) is 2. The summed E-state index contributed by atoms with van der Waals surface area (Å²) in [4.78, 5) is 25.3. The maximum Gasteiger partial charge on any atom is 0.326 e. The van der Waals surface area contributed by atoms with E-state index < -0.39 is 12.0 Å². The van der Waals surface area contributed by atoms with E-state index in [1.807, 2.05) is 11.8 Å². The summed E-state index contributed by atoms with van der Waals surface area (Å²) in [6.45, 7) is 2.70. The second kappa shape index (κ2) is 6.26. The Bertz CT molecular complexity index is 346.